The SMILES string of the molecule is Fc1ccc2ncc3c(-c4ccc(Cl)cc4)nn(-c4ccccc4)c3c2c1. The fraction of sp³-hybridized carbons (Fsp3) is 0. The second kappa shape index (κ2) is 6.18. The summed E-state index contributed by atoms with van der Waals surface area (Å²) in [7, 11) is 0. The fourth-order valence-electron chi connectivity index (χ4n) is 3.33. The van der Waals surface area contributed by atoms with Gasteiger partial charge in [-0.2, -0.15) is 5.10 Å². The van der Waals surface area contributed by atoms with Gasteiger partial charge >= 0.3 is 0 Å². The van der Waals surface area contributed by atoms with Crippen LogP contribution in [0.4, 0.5) is 4.39 Å². The van der Waals surface area contributed by atoms with Gasteiger partial charge in [-0.25, -0.2) is 9.07 Å². The molecule has 27 heavy (non-hydrogen) atoms. The van der Waals surface area contributed by atoms with Gasteiger partial charge in [0.25, 0.3) is 0 Å². The lowest BCUT2D eigenvalue weighted by Crippen LogP contribution is -1.97. The van der Waals surface area contributed by atoms with E-state index in [1.165, 1.54) is 12.1 Å². The molecule has 2 heterocycles. The highest BCUT2D eigenvalue weighted by atomic mass is 35.5. The molecule has 2 aromatic heterocycles. The number of para-hydroxylation sites is 1. The third-order valence-electron chi connectivity index (χ3n) is 4.59. The molecule has 5 aromatic rings. The molecule has 0 unspecified atom stereocenters. The van der Waals surface area contributed by atoms with Crippen LogP contribution in [0.2, 0.25) is 5.02 Å². The Morgan fingerprint density at radius 2 is 1.63 bits per heavy atom. The monoisotopic (exact) mass is 373 g/mol. The average Bonchev–Trinajstić information content (AvgIpc) is 3.09. The number of halogens is 2. The summed E-state index contributed by atoms with van der Waals surface area (Å²) < 4.78 is 15.9. The van der Waals surface area contributed by atoms with Crippen LogP contribution in [0.25, 0.3) is 38.8 Å². The van der Waals surface area contributed by atoms with E-state index in [9.17, 15) is 4.39 Å². The summed E-state index contributed by atoms with van der Waals surface area (Å²) in [4.78, 5) is 4.52. The molecular formula is C22H13ClFN3. The Labute approximate surface area is 159 Å². The number of rotatable bonds is 2. The summed E-state index contributed by atoms with van der Waals surface area (Å²) in [6.45, 7) is 0. The Morgan fingerprint density at radius 1 is 0.852 bits per heavy atom. The molecule has 130 valence electrons. The normalized spacial score (nSPS) is 11.3. The zero-order valence-corrected chi connectivity index (χ0v) is 14.9. The largest absolute Gasteiger partial charge is 0.255 e. The van der Waals surface area contributed by atoms with Gasteiger partial charge in [-0.1, -0.05) is 41.9 Å². The first kappa shape index (κ1) is 16.0. The second-order valence-corrected chi connectivity index (χ2v) is 6.72. The van der Waals surface area contributed by atoms with Crippen molar-refractivity contribution in [1.29, 1.82) is 0 Å². The van der Waals surface area contributed by atoms with Crippen LogP contribution < -0.4 is 0 Å². The minimum absolute atomic E-state index is 0.300. The van der Waals surface area contributed by atoms with Crippen LogP contribution >= 0.6 is 11.6 Å². The van der Waals surface area contributed by atoms with Gasteiger partial charge in [-0.05, 0) is 42.5 Å². The van der Waals surface area contributed by atoms with Gasteiger partial charge in [0.1, 0.15) is 11.5 Å². The molecule has 0 bridgehead atoms. The first-order chi connectivity index (χ1) is 13.2. The molecule has 0 aliphatic rings. The number of nitrogens with zero attached hydrogens (tertiary/aromatic N) is 3. The quantitative estimate of drug-likeness (QED) is 0.378. The smallest absolute Gasteiger partial charge is 0.124 e. The molecule has 0 aliphatic carbocycles. The number of hydrogen-bond acceptors (Lipinski definition) is 2. The molecule has 0 amide bonds. The highest BCUT2D eigenvalue weighted by molar-refractivity contribution is 6.30. The molecule has 3 aromatic carbocycles. The van der Waals surface area contributed by atoms with E-state index in [-0.39, 0.29) is 5.82 Å². The topological polar surface area (TPSA) is 30.7 Å². The van der Waals surface area contributed by atoms with Crippen molar-refractivity contribution in [2.24, 2.45) is 0 Å². The van der Waals surface area contributed by atoms with Crippen molar-refractivity contribution in [1.82, 2.24) is 14.8 Å². The van der Waals surface area contributed by atoms with Crippen LogP contribution in [0.1, 0.15) is 0 Å². The van der Waals surface area contributed by atoms with Crippen LogP contribution in [0, 0.1) is 5.82 Å². The molecule has 0 radical (unpaired) electrons. The van der Waals surface area contributed by atoms with Crippen LogP contribution in [0.15, 0.2) is 79.0 Å². The van der Waals surface area contributed by atoms with Crippen LogP contribution in [-0.4, -0.2) is 14.8 Å². The van der Waals surface area contributed by atoms with Gasteiger partial charge in [-0.3, -0.25) is 4.98 Å². The second-order valence-electron chi connectivity index (χ2n) is 6.28. The van der Waals surface area contributed by atoms with E-state index < -0.39 is 0 Å². The van der Waals surface area contributed by atoms with Gasteiger partial charge in [0.05, 0.1) is 16.7 Å². The highest BCUT2D eigenvalue weighted by Crippen LogP contribution is 2.34. The molecule has 0 saturated carbocycles. The lowest BCUT2D eigenvalue weighted by molar-refractivity contribution is 0.629. The maximum absolute atomic E-state index is 14.0. The Balaban J connectivity index is 1.91. The van der Waals surface area contributed by atoms with Crippen LogP contribution in [0.3, 0.4) is 0 Å². The number of fused-ring (bicyclic) bond motifs is 3. The van der Waals surface area contributed by atoms with E-state index in [0.29, 0.717) is 5.02 Å². The average molecular weight is 374 g/mol. The van der Waals surface area contributed by atoms with E-state index >= 15 is 0 Å². The maximum Gasteiger partial charge on any atom is 0.124 e. The number of hydrogen-bond donors (Lipinski definition) is 0. The van der Waals surface area contributed by atoms with Gasteiger partial charge in [0.15, 0.2) is 0 Å². The zero-order chi connectivity index (χ0) is 18.4. The molecule has 5 rings (SSSR count). The van der Waals surface area contributed by atoms with E-state index in [1.807, 2.05) is 59.3 Å². The molecular weight excluding hydrogens is 361 g/mol. The minimum Gasteiger partial charge on any atom is -0.255 e. The van der Waals surface area contributed by atoms with Crippen molar-refractivity contribution in [3.8, 4) is 16.9 Å². The third-order valence-corrected chi connectivity index (χ3v) is 4.84. The lowest BCUT2D eigenvalue weighted by atomic mass is 10.1. The van der Waals surface area contributed by atoms with Crippen molar-refractivity contribution in [3.05, 3.63) is 89.8 Å². The summed E-state index contributed by atoms with van der Waals surface area (Å²) in [5.74, 6) is -0.300. The molecule has 5 heteroatoms. The van der Waals surface area contributed by atoms with Crippen molar-refractivity contribution in [2.45, 2.75) is 0 Å². The fourth-order valence-corrected chi connectivity index (χ4v) is 3.46. The summed E-state index contributed by atoms with van der Waals surface area (Å²) in [6.07, 6.45) is 1.80. The summed E-state index contributed by atoms with van der Waals surface area (Å²) in [6, 6.07) is 21.9. The number of aromatic nitrogens is 3. The summed E-state index contributed by atoms with van der Waals surface area (Å²) in [5.41, 5.74) is 4.17. The Morgan fingerprint density at radius 3 is 2.41 bits per heavy atom. The predicted molar refractivity (Wildman–Crippen MR) is 107 cm³/mol. The van der Waals surface area contributed by atoms with Gasteiger partial charge in [-0.15, -0.1) is 0 Å². The molecule has 0 aliphatic heterocycles. The third kappa shape index (κ3) is 2.66. The maximum atomic E-state index is 14.0. The van der Waals surface area contributed by atoms with E-state index in [1.54, 1.807) is 12.3 Å². The van der Waals surface area contributed by atoms with Crippen molar-refractivity contribution in [3.63, 3.8) is 0 Å². The molecule has 3 nitrogen and oxygen atoms in total. The molecule has 0 N–H and O–H groups in total. The van der Waals surface area contributed by atoms with Crippen LogP contribution in [0.5, 0.6) is 0 Å². The first-order valence-corrected chi connectivity index (χ1v) is 8.87. The Kier molecular flexibility index (Phi) is 3.66. The molecule has 0 fully saturated rings. The van der Waals surface area contributed by atoms with Gasteiger partial charge < -0.3 is 0 Å². The standard InChI is InChI=1S/C22H13ClFN3/c23-15-8-6-14(7-9-15)21-19-13-25-20-11-10-16(24)12-18(20)22(19)27(26-21)17-4-2-1-3-5-17/h1-13H. The molecule has 0 spiro atoms. The van der Waals surface area contributed by atoms with Gasteiger partial charge in [0.2, 0.25) is 0 Å². The Bertz CT molecular complexity index is 1280. The summed E-state index contributed by atoms with van der Waals surface area (Å²) in [5, 5.41) is 7.10. The van der Waals surface area contributed by atoms with E-state index in [0.717, 1.165) is 38.8 Å². The van der Waals surface area contributed by atoms with Crippen molar-refractivity contribution >= 4 is 33.4 Å². The molecule has 0 atom stereocenters. The zero-order valence-electron chi connectivity index (χ0n) is 14.1. The van der Waals surface area contributed by atoms with E-state index in [4.69, 9.17) is 16.7 Å². The van der Waals surface area contributed by atoms with Crippen molar-refractivity contribution in [2.75, 3.05) is 0 Å². The van der Waals surface area contributed by atoms with Crippen molar-refractivity contribution < 1.29 is 4.39 Å². The molecule has 0 saturated heterocycles. The van der Waals surface area contributed by atoms with Crippen LogP contribution in [-0.2, 0) is 0 Å². The first-order valence-electron chi connectivity index (χ1n) is 8.49. The minimum atomic E-state index is -0.300. The van der Waals surface area contributed by atoms with Gasteiger partial charge in [0, 0.05) is 27.6 Å². The van der Waals surface area contributed by atoms with E-state index in [2.05, 4.69) is 4.98 Å². The summed E-state index contributed by atoms with van der Waals surface area (Å²) >= 11 is 6.03. The predicted octanol–water partition coefficient (Wildman–Crippen LogP) is 6.03. The number of pyridine rings is 1. The highest BCUT2D eigenvalue weighted by Gasteiger charge is 2.17. The Hall–Kier alpha value is -3.24. The lowest BCUT2D eigenvalue weighted by Gasteiger charge is -2.05. The number of benzene rings is 3.